The molecule has 1 aliphatic heterocycles. The monoisotopic (exact) mass is 269 g/mol. The fourth-order valence-electron chi connectivity index (χ4n) is 3.23. The van der Waals surface area contributed by atoms with Crippen molar-refractivity contribution in [1.82, 2.24) is 0 Å². The number of ketones is 1. The Morgan fingerprint density at radius 3 is 2.89 bits per heavy atom. The zero-order valence-corrected chi connectivity index (χ0v) is 10.9. The molecular weight excluding hydrogens is 258 g/mol. The minimum Gasteiger partial charge on any atom is -0.377 e. The molecule has 0 saturated heterocycles. The quantitative estimate of drug-likeness (QED) is 0.787. The summed E-state index contributed by atoms with van der Waals surface area (Å²) in [6, 6.07) is 13.9. The number of hydrogen-bond donors (Lipinski definition) is 1. The Morgan fingerprint density at radius 1 is 1.16 bits per heavy atom. The zero-order chi connectivity index (χ0) is 13.0. The Labute approximate surface area is 116 Å². The van der Waals surface area contributed by atoms with Crippen molar-refractivity contribution in [3.8, 4) is 0 Å². The summed E-state index contributed by atoms with van der Waals surface area (Å²) in [5.41, 5.74) is 4.15. The van der Waals surface area contributed by atoms with Crippen LogP contribution in [0, 0.1) is 5.92 Å². The molecule has 0 aromatic heterocycles. The molecule has 2 aliphatic rings. The largest absolute Gasteiger partial charge is 0.377 e. The third-order valence-corrected chi connectivity index (χ3v) is 4.36. The summed E-state index contributed by atoms with van der Waals surface area (Å²) in [5, 5.41) is 4.11. The van der Waals surface area contributed by atoms with Crippen molar-refractivity contribution in [2.75, 3.05) is 5.32 Å². The van der Waals surface area contributed by atoms with Crippen LogP contribution < -0.4 is 5.32 Å². The fraction of sp³-hybridized carbons (Fsp3) is 0.188. The van der Waals surface area contributed by atoms with Crippen molar-refractivity contribution in [2.24, 2.45) is 5.92 Å². The number of hydrogen-bond acceptors (Lipinski definition) is 2. The van der Waals surface area contributed by atoms with Crippen molar-refractivity contribution in [2.45, 2.75) is 12.5 Å². The highest BCUT2D eigenvalue weighted by Gasteiger charge is 2.41. The molecule has 0 bridgehead atoms. The van der Waals surface area contributed by atoms with Gasteiger partial charge in [-0.1, -0.05) is 35.9 Å². The molecule has 19 heavy (non-hydrogen) atoms. The highest BCUT2D eigenvalue weighted by molar-refractivity contribution is 6.31. The molecule has 1 heterocycles. The summed E-state index contributed by atoms with van der Waals surface area (Å²) < 4.78 is 0. The average Bonchev–Trinajstić information content (AvgIpc) is 2.79. The molecule has 2 nitrogen and oxygen atoms in total. The van der Waals surface area contributed by atoms with Crippen molar-refractivity contribution in [3.05, 3.63) is 64.2 Å². The number of rotatable bonds is 0. The van der Waals surface area contributed by atoms with E-state index in [9.17, 15) is 4.79 Å². The van der Waals surface area contributed by atoms with Gasteiger partial charge >= 0.3 is 0 Å². The lowest BCUT2D eigenvalue weighted by Gasteiger charge is -2.29. The van der Waals surface area contributed by atoms with E-state index >= 15 is 0 Å². The Kier molecular flexibility index (Phi) is 2.24. The minimum atomic E-state index is 0.00312. The molecule has 0 spiro atoms. The minimum absolute atomic E-state index is 0.00312. The van der Waals surface area contributed by atoms with Gasteiger partial charge in [-0.05, 0) is 35.7 Å². The number of anilines is 1. The number of nitrogens with one attached hydrogen (secondary N) is 1. The lowest BCUT2D eigenvalue weighted by molar-refractivity contribution is 0.0906. The van der Waals surface area contributed by atoms with Gasteiger partial charge in [0.25, 0.3) is 0 Å². The summed E-state index contributed by atoms with van der Waals surface area (Å²) in [7, 11) is 0. The van der Waals surface area contributed by atoms with E-state index in [2.05, 4.69) is 17.4 Å². The predicted octanol–water partition coefficient (Wildman–Crippen LogP) is 3.86. The number of Topliss-reactive ketones (excluding diaryl/α,β-unsaturated/α-hetero) is 1. The van der Waals surface area contributed by atoms with Crippen molar-refractivity contribution < 1.29 is 4.79 Å². The van der Waals surface area contributed by atoms with E-state index in [4.69, 9.17) is 11.6 Å². The van der Waals surface area contributed by atoms with Gasteiger partial charge in [0.2, 0.25) is 0 Å². The van der Waals surface area contributed by atoms with E-state index in [0.717, 1.165) is 17.7 Å². The Balaban J connectivity index is 1.85. The van der Waals surface area contributed by atoms with Gasteiger partial charge in [-0.25, -0.2) is 0 Å². The standard InChI is InChI=1S/C16H12ClNO/c17-10-5-6-14-12(8-10)16(19)13-7-9-3-1-2-4-11(9)15(13)18-14/h1-6,8,13,15,18H,7H2. The van der Waals surface area contributed by atoms with Crippen LogP contribution in [0.3, 0.4) is 0 Å². The maximum atomic E-state index is 12.6. The van der Waals surface area contributed by atoms with Crippen molar-refractivity contribution >= 4 is 23.1 Å². The van der Waals surface area contributed by atoms with Gasteiger partial charge in [0.1, 0.15) is 0 Å². The second-order valence-electron chi connectivity index (χ2n) is 5.19. The van der Waals surface area contributed by atoms with Crippen LogP contribution in [0.2, 0.25) is 5.02 Å². The molecule has 94 valence electrons. The number of carbonyl (C=O) groups excluding carboxylic acids is 1. The van der Waals surface area contributed by atoms with E-state index in [1.54, 1.807) is 6.07 Å². The molecule has 0 radical (unpaired) electrons. The van der Waals surface area contributed by atoms with E-state index in [-0.39, 0.29) is 17.7 Å². The van der Waals surface area contributed by atoms with E-state index < -0.39 is 0 Å². The molecule has 3 heteroatoms. The van der Waals surface area contributed by atoms with Crippen LogP contribution in [-0.2, 0) is 6.42 Å². The van der Waals surface area contributed by atoms with Crippen LogP contribution in [-0.4, -0.2) is 5.78 Å². The highest BCUT2D eigenvalue weighted by Crippen LogP contribution is 2.44. The molecule has 0 fully saturated rings. The Bertz CT molecular complexity index is 695. The maximum Gasteiger partial charge on any atom is 0.170 e. The van der Waals surface area contributed by atoms with Crippen LogP contribution in [0.4, 0.5) is 5.69 Å². The maximum absolute atomic E-state index is 12.6. The lowest BCUT2D eigenvalue weighted by atomic mass is 9.86. The van der Waals surface area contributed by atoms with Gasteiger partial charge in [0.05, 0.1) is 12.0 Å². The third kappa shape index (κ3) is 1.53. The van der Waals surface area contributed by atoms with Crippen LogP contribution in [0.25, 0.3) is 0 Å². The number of benzene rings is 2. The highest BCUT2D eigenvalue weighted by atomic mass is 35.5. The summed E-state index contributed by atoms with van der Waals surface area (Å²) >= 11 is 5.99. The van der Waals surface area contributed by atoms with Gasteiger partial charge < -0.3 is 5.32 Å². The first kappa shape index (κ1) is 11.1. The van der Waals surface area contributed by atoms with E-state index in [1.807, 2.05) is 24.3 Å². The molecule has 1 aliphatic carbocycles. The zero-order valence-electron chi connectivity index (χ0n) is 10.2. The first-order chi connectivity index (χ1) is 9.24. The van der Waals surface area contributed by atoms with Crippen LogP contribution in [0.15, 0.2) is 42.5 Å². The first-order valence-electron chi connectivity index (χ1n) is 6.42. The summed E-state index contributed by atoms with van der Waals surface area (Å²) in [5.74, 6) is 0.209. The second-order valence-corrected chi connectivity index (χ2v) is 5.62. The smallest absolute Gasteiger partial charge is 0.170 e. The second kappa shape index (κ2) is 3.84. The van der Waals surface area contributed by atoms with Crippen LogP contribution >= 0.6 is 11.6 Å². The summed E-state index contributed by atoms with van der Waals surface area (Å²) in [6.07, 6.45) is 0.818. The Morgan fingerprint density at radius 2 is 2.00 bits per heavy atom. The molecule has 2 aromatic rings. The predicted molar refractivity (Wildman–Crippen MR) is 75.8 cm³/mol. The number of carbonyl (C=O) groups is 1. The topological polar surface area (TPSA) is 29.1 Å². The SMILES string of the molecule is O=C1c2cc(Cl)ccc2NC2c3ccccc3CC12. The number of fused-ring (bicyclic) bond motifs is 4. The van der Waals surface area contributed by atoms with Gasteiger partial charge in [0, 0.05) is 16.3 Å². The first-order valence-corrected chi connectivity index (χ1v) is 6.80. The van der Waals surface area contributed by atoms with Crippen LogP contribution in [0.1, 0.15) is 27.5 Å². The molecule has 2 unspecified atom stereocenters. The third-order valence-electron chi connectivity index (χ3n) is 4.13. The lowest BCUT2D eigenvalue weighted by Crippen LogP contribution is -2.30. The van der Waals surface area contributed by atoms with Gasteiger partial charge in [-0.2, -0.15) is 0 Å². The summed E-state index contributed by atoms with van der Waals surface area (Å²) in [4.78, 5) is 12.6. The van der Waals surface area contributed by atoms with Crippen LogP contribution in [0.5, 0.6) is 0 Å². The van der Waals surface area contributed by atoms with Crippen molar-refractivity contribution in [1.29, 1.82) is 0 Å². The molecule has 2 aromatic carbocycles. The molecular formula is C16H12ClNO. The fourth-order valence-corrected chi connectivity index (χ4v) is 3.40. The molecule has 0 saturated carbocycles. The average molecular weight is 270 g/mol. The van der Waals surface area contributed by atoms with Gasteiger partial charge in [-0.3, -0.25) is 4.79 Å². The molecule has 0 amide bonds. The Hall–Kier alpha value is -1.80. The molecule has 1 N–H and O–H groups in total. The van der Waals surface area contributed by atoms with E-state index in [0.29, 0.717) is 5.02 Å². The summed E-state index contributed by atoms with van der Waals surface area (Å²) in [6.45, 7) is 0. The van der Waals surface area contributed by atoms with E-state index in [1.165, 1.54) is 11.1 Å². The molecule has 2 atom stereocenters. The van der Waals surface area contributed by atoms with Crippen molar-refractivity contribution in [3.63, 3.8) is 0 Å². The normalized spacial score (nSPS) is 23.3. The van der Waals surface area contributed by atoms with Gasteiger partial charge in [0.15, 0.2) is 5.78 Å². The van der Waals surface area contributed by atoms with Gasteiger partial charge in [-0.15, -0.1) is 0 Å². The molecule has 4 rings (SSSR count). The number of halogens is 1.